The summed E-state index contributed by atoms with van der Waals surface area (Å²) in [6, 6.07) is 0. The fraction of sp³-hybridized carbons (Fsp3) is 0.912. The van der Waals surface area contributed by atoms with Crippen molar-refractivity contribution < 1.29 is 9.90 Å². The third-order valence-corrected chi connectivity index (χ3v) is 7.82. The van der Waals surface area contributed by atoms with Gasteiger partial charge in [-0.1, -0.05) is 167 Å². The molecule has 0 amide bonds. The van der Waals surface area contributed by atoms with Crippen molar-refractivity contribution in [2.24, 2.45) is 5.92 Å². The number of carboxylic acids is 1. The highest BCUT2D eigenvalue weighted by molar-refractivity contribution is 5.69. The summed E-state index contributed by atoms with van der Waals surface area (Å²) in [5, 5.41) is 9.57. The molecule has 0 aromatic rings. The first-order chi connectivity index (χ1) is 17.7. The molecular weight excluding hydrogens is 440 g/mol. The van der Waals surface area contributed by atoms with Crippen LogP contribution in [0.2, 0.25) is 0 Å². The van der Waals surface area contributed by atoms with Crippen LogP contribution in [0.5, 0.6) is 0 Å². The lowest BCUT2D eigenvalue weighted by atomic mass is 9.94. The second kappa shape index (κ2) is 30.4. The fourth-order valence-electron chi connectivity index (χ4n) is 5.26. The maximum absolute atomic E-state index is 11.6. The first-order valence-electron chi connectivity index (χ1n) is 16.6. The van der Waals surface area contributed by atoms with Gasteiger partial charge in [-0.15, -0.1) is 0 Å². The molecule has 1 atom stereocenters. The van der Waals surface area contributed by atoms with E-state index in [0.29, 0.717) is 0 Å². The molecule has 0 aliphatic rings. The van der Waals surface area contributed by atoms with Crippen molar-refractivity contribution in [2.45, 2.75) is 194 Å². The normalized spacial score (nSPS) is 12.5. The van der Waals surface area contributed by atoms with Crippen LogP contribution in [0.25, 0.3) is 0 Å². The maximum atomic E-state index is 11.6. The van der Waals surface area contributed by atoms with E-state index in [4.69, 9.17) is 0 Å². The zero-order valence-electron chi connectivity index (χ0n) is 24.9. The molecule has 1 N–H and O–H groups in total. The molecule has 0 saturated heterocycles. The molecule has 214 valence electrons. The monoisotopic (exact) mass is 507 g/mol. The van der Waals surface area contributed by atoms with Crippen molar-refractivity contribution in [3.05, 3.63) is 12.2 Å². The number of carboxylic acid groups (broad SMARTS) is 1. The summed E-state index contributed by atoms with van der Waals surface area (Å²) < 4.78 is 0. The van der Waals surface area contributed by atoms with E-state index in [1.54, 1.807) is 0 Å². The molecule has 0 aromatic heterocycles. The summed E-state index contributed by atoms with van der Waals surface area (Å²) in [4.78, 5) is 11.6. The lowest BCUT2D eigenvalue weighted by molar-refractivity contribution is -0.142. The minimum Gasteiger partial charge on any atom is -0.481 e. The van der Waals surface area contributed by atoms with E-state index in [2.05, 4.69) is 26.0 Å². The quantitative estimate of drug-likeness (QED) is 0.0776. The number of rotatable bonds is 30. The van der Waals surface area contributed by atoms with Crippen molar-refractivity contribution in [3.63, 3.8) is 0 Å². The van der Waals surface area contributed by atoms with Crippen molar-refractivity contribution in [1.82, 2.24) is 0 Å². The lowest BCUT2D eigenvalue weighted by Gasteiger charge is -2.12. The Hall–Kier alpha value is -0.790. The number of allylic oxidation sites excluding steroid dienone is 2. The van der Waals surface area contributed by atoms with Crippen molar-refractivity contribution in [1.29, 1.82) is 0 Å². The van der Waals surface area contributed by atoms with E-state index in [0.717, 1.165) is 25.7 Å². The number of hydrogen-bond acceptors (Lipinski definition) is 1. The largest absolute Gasteiger partial charge is 0.481 e. The van der Waals surface area contributed by atoms with Gasteiger partial charge in [0.25, 0.3) is 0 Å². The summed E-state index contributed by atoms with van der Waals surface area (Å²) in [7, 11) is 0. The van der Waals surface area contributed by atoms with Crippen LogP contribution in [0.3, 0.4) is 0 Å². The molecule has 0 aromatic carbocycles. The van der Waals surface area contributed by atoms with E-state index in [1.807, 2.05) is 0 Å². The first kappa shape index (κ1) is 35.2. The van der Waals surface area contributed by atoms with Crippen LogP contribution in [0, 0.1) is 5.92 Å². The molecule has 0 bridgehead atoms. The molecule has 0 spiro atoms. The average Bonchev–Trinajstić information content (AvgIpc) is 2.87. The zero-order chi connectivity index (χ0) is 26.4. The van der Waals surface area contributed by atoms with Gasteiger partial charge in [-0.3, -0.25) is 4.79 Å². The van der Waals surface area contributed by atoms with Gasteiger partial charge < -0.3 is 5.11 Å². The third-order valence-electron chi connectivity index (χ3n) is 7.82. The van der Waals surface area contributed by atoms with Gasteiger partial charge in [0.05, 0.1) is 5.92 Å². The maximum Gasteiger partial charge on any atom is 0.306 e. The van der Waals surface area contributed by atoms with Crippen LogP contribution < -0.4 is 0 Å². The van der Waals surface area contributed by atoms with Gasteiger partial charge in [-0.2, -0.15) is 0 Å². The van der Waals surface area contributed by atoms with E-state index < -0.39 is 5.97 Å². The Labute approximate surface area is 227 Å². The van der Waals surface area contributed by atoms with Gasteiger partial charge in [-0.25, -0.2) is 0 Å². The molecule has 36 heavy (non-hydrogen) atoms. The standard InChI is InChI=1S/C34H66O2/c1-3-5-7-9-11-13-15-17-18-19-20-22-24-26-28-30-32-33(34(35)36)31-29-27-25-23-21-16-14-12-10-8-6-4-2/h14,16,33H,3-13,15,17-32H2,1-2H3,(H,35,36). The first-order valence-corrected chi connectivity index (χ1v) is 16.6. The Balaban J connectivity index is 3.43. The van der Waals surface area contributed by atoms with E-state index >= 15 is 0 Å². The second-order valence-corrected chi connectivity index (χ2v) is 11.4. The van der Waals surface area contributed by atoms with E-state index in [-0.39, 0.29) is 5.92 Å². The van der Waals surface area contributed by atoms with Gasteiger partial charge in [0.1, 0.15) is 0 Å². The van der Waals surface area contributed by atoms with Gasteiger partial charge in [0.15, 0.2) is 0 Å². The SMILES string of the molecule is CCCCCCC=CCCCCCCC(CCCCCCCCCCCCCCCCCC)C(=O)O. The Bertz CT molecular complexity index is 456. The Morgan fingerprint density at radius 1 is 0.472 bits per heavy atom. The average molecular weight is 507 g/mol. The highest BCUT2D eigenvalue weighted by Crippen LogP contribution is 2.20. The Morgan fingerprint density at radius 3 is 1.08 bits per heavy atom. The highest BCUT2D eigenvalue weighted by atomic mass is 16.4. The lowest BCUT2D eigenvalue weighted by Crippen LogP contribution is -2.13. The number of hydrogen-bond donors (Lipinski definition) is 1. The molecule has 0 aliphatic carbocycles. The van der Waals surface area contributed by atoms with Crippen LogP contribution in [-0.4, -0.2) is 11.1 Å². The van der Waals surface area contributed by atoms with Crippen LogP contribution in [0.1, 0.15) is 194 Å². The smallest absolute Gasteiger partial charge is 0.306 e. The summed E-state index contributed by atoms with van der Waals surface area (Å²) >= 11 is 0. The molecule has 1 unspecified atom stereocenters. The molecule has 0 aliphatic heterocycles. The van der Waals surface area contributed by atoms with Gasteiger partial charge in [0, 0.05) is 0 Å². The van der Waals surface area contributed by atoms with Crippen LogP contribution in [0.15, 0.2) is 12.2 Å². The van der Waals surface area contributed by atoms with Gasteiger partial charge >= 0.3 is 5.97 Å². The molecule has 0 radical (unpaired) electrons. The topological polar surface area (TPSA) is 37.3 Å². The molecule has 2 nitrogen and oxygen atoms in total. The molecule has 0 fully saturated rings. The minimum absolute atomic E-state index is 0.111. The Kier molecular flexibility index (Phi) is 29.8. The van der Waals surface area contributed by atoms with E-state index in [1.165, 1.54) is 154 Å². The molecular formula is C34H66O2. The van der Waals surface area contributed by atoms with Crippen molar-refractivity contribution in [2.75, 3.05) is 0 Å². The predicted molar refractivity (Wildman–Crippen MR) is 161 cm³/mol. The predicted octanol–water partition coefficient (Wildman–Crippen LogP) is 12.2. The van der Waals surface area contributed by atoms with Crippen molar-refractivity contribution in [3.8, 4) is 0 Å². The minimum atomic E-state index is -0.568. The fourth-order valence-corrected chi connectivity index (χ4v) is 5.26. The molecule has 0 heterocycles. The van der Waals surface area contributed by atoms with Gasteiger partial charge in [-0.05, 0) is 38.5 Å². The zero-order valence-corrected chi connectivity index (χ0v) is 24.9. The summed E-state index contributed by atoms with van der Waals surface area (Å²) in [6.45, 7) is 4.55. The summed E-state index contributed by atoms with van der Waals surface area (Å²) in [6.07, 6.45) is 41.0. The van der Waals surface area contributed by atoms with Crippen LogP contribution >= 0.6 is 0 Å². The summed E-state index contributed by atoms with van der Waals surface area (Å²) in [5.41, 5.74) is 0. The number of aliphatic carboxylic acids is 1. The van der Waals surface area contributed by atoms with Gasteiger partial charge in [0.2, 0.25) is 0 Å². The highest BCUT2D eigenvalue weighted by Gasteiger charge is 2.16. The number of carbonyl (C=O) groups is 1. The van der Waals surface area contributed by atoms with Crippen LogP contribution in [0.4, 0.5) is 0 Å². The van der Waals surface area contributed by atoms with E-state index in [9.17, 15) is 9.90 Å². The van der Waals surface area contributed by atoms with Crippen LogP contribution in [-0.2, 0) is 4.79 Å². The van der Waals surface area contributed by atoms with Crippen molar-refractivity contribution >= 4 is 5.97 Å². The third kappa shape index (κ3) is 27.8. The summed E-state index contributed by atoms with van der Waals surface area (Å²) in [5.74, 6) is -0.679. The Morgan fingerprint density at radius 2 is 0.750 bits per heavy atom. The molecule has 0 saturated carbocycles. The molecule has 0 rings (SSSR count). The second-order valence-electron chi connectivity index (χ2n) is 11.4. The molecule has 2 heteroatoms. The number of unbranched alkanes of at least 4 members (excludes halogenated alkanes) is 23.